The molecule has 0 heterocycles. The normalized spacial score (nSPS) is 34.0. The van der Waals surface area contributed by atoms with Gasteiger partial charge in [-0.1, -0.05) is 26.2 Å². The summed E-state index contributed by atoms with van der Waals surface area (Å²) < 4.78 is 6.09. The molecule has 2 unspecified atom stereocenters. The quantitative estimate of drug-likeness (QED) is 0.766. The molecule has 0 amide bonds. The van der Waals surface area contributed by atoms with Crippen LogP contribution in [-0.2, 0) is 4.74 Å². The first kappa shape index (κ1) is 14.3. The van der Waals surface area contributed by atoms with E-state index < -0.39 is 0 Å². The topological polar surface area (TPSA) is 41.5 Å². The molecule has 0 radical (unpaired) electrons. The molecular weight excluding hydrogens is 226 g/mol. The zero-order valence-electron chi connectivity index (χ0n) is 11.8. The van der Waals surface area contributed by atoms with Gasteiger partial charge in [-0.2, -0.15) is 0 Å². The van der Waals surface area contributed by atoms with Gasteiger partial charge in [0, 0.05) is 12.1 Å². The van der Waals surface area contributed by atoms with Crippen molar-refractivity contribution >= 4 is 0 Å². The van der Waals surface area contributed by atoms with Crippen LogP contribution in [0.1, 0.15) is 58.3 Å². The summed E-state index contributed by atoms with van der Waals surface area (Å²) in [5.41, 5.74) is -0.0635. The lowest BCUT2D eigenvalue weighted by Crippen LogP contribution is -2.46. The summed E-state index contributed by atoms with van der Waals surface area (Å²) in [4.78, 5) is 0. The highest BCUT2D eigenvalue weighted by atomic mass is 16.5. The highest BCUT2D eigenvalue weighted by molar-refractivity contribution is 4.96. The molecule has 106 valence electrons. The fourth-order valence-corrected chi connectivity index (χ4v) is 3.58. The Morgan fingerprint density at radius 1 is 1.22 bits per heavy atom. The Bertz CT molecular complexity index is 241. The third kappa shape index (κ3) is 3.69. The Morgan fingerprint density at radius 3 is 2.67 bits per heavy atom. The van der Waals surface area contributed by atoms with Gasteiger partial charge in [0.05, 0.1) is 12.7 Å². The van der Waals surface area contributed by atoms with Gasteiger partial charge in [-0.3, -0.25) is 0 Å². The molecule has 0 aromatic heterocycles. The van der Waals surface area contributed by atoms with Crippen LogP contribution in [0.4, 0.5) is 0 Å². The SMILES string of the molecule is CCNC1(CO)CCC(OCC2CCCCC2)C1. The van der Waals surface area contributed by atoms with Crippen LogP contribution in [0.15, 0.2) is 0 Å². The summed E-state index contributed by atoms with van der Waals surface area (Å²) in [6.45, 7) is 4.21. The van der Waals surface area contributed by atoms with Crippen molar-refractivity contribution in [3.05, 3.63) is 0 Å². The molecule has 0 bridgehead atoms. The number of hydrogen-bond acceptors (Lipinski definition) is 3. The molecule has 0 aromatic rings. The summed E-state index contributed by atoms with van der Waals surface area (Å²) >= 11 is 0. The lowest BCUT2D eigenvalue weighted by atomic mass is 9.90. The Kier molecular flexibility index (Phi) is 5.46. The zero-order chi connectivity index (χ0) is 12.8. The monoisotopic (exact) mass is 255 g/mol. The Labute approximate surface area is 111 Å². The number of nitrogens with one attached hydrogen (secondary N) is 1. The Morgan fingerprint density at radius 2 is 2.00 bits per heavy atom. The second kappa shape index (κ2) is 6.88. The van der Waals surface area contributed by atoms with Crippen LogP contribution in [0, 0.1) is 5.92 Å². The van der Waals surface area contributed by atoms with Gasteiger partial charge in [0.15, 0.2) is 0 Å². The van der Waals surface area contributed by atoms with Crippen molar-refractivity contribution in [3.63, 3.8) is 0 Å². The van der Waals surface area contributed by atoms with E-state index in [0.717, 1.165) is 38.3 Å². The van der Waals surface area contributed by atoms with E-state index >= 15 is 0 Å². The molecule has 2 saturated carbocycles. The molecule has 2 atom stereocenters. The van der Waals surface area contributed by atoms with E-state index in [4.69, 9.17) is 4.74 Å². The molecule has 0 spiro atoms. The minimum atomic E-state index is -0.0635. The molecule has 18 heavy (non-hydrogen) atoms. The van der Waals surface area contributed by atoms with Crippen molar-refractivity contribution < 1.29 is 9.84 Å². The third-order valence-electron chi connectivity index (χ3n) is 4.71. The first-order valence-corrected chi connectivity index (χ1v) is 7.75. The number of hydrogen-bond donors (Lipinski definition) is 2. The summed E-state index contributed by atoms with van der Waals surface area (Å²) in [6.07, 6.45) is 10.4. The van der Waals surface area contributed by atoms with Crippen LogP contribution in [-0.4, -0.2) is 36.5 Å². The summed E-state index contributed by atoms with van der Waals surface area (Å²) in [5, 5.41) is 13.0. The van der Waals surface area contributed by atoms with Gasteiger partial charge in [0.2, 0.25) is 0 Å². The molecule has 3 heteroatoms. The van der Waals surface area contributed by atoms with Crippen LogP contribution in [0.3, 0.4) is 0 Å². The van der Waals surface area contributed by atoms with Gasteiger partial charge in [-0.25, -0.2) is 0 Å². The first-order valence-electron chi connectivity index (χ1n) is 7.75. The van der Waals surface area contributed by atoms with E-state index in [2.05, 4.69) is 12.2 Å². The maximum Gasteiger partial charge on any atom is 0.0614 e. The van der Waals surface area contributed by atoms with Gasteiger partial charge in [0.1, 0.15) is 0 Å². The maximum atomic E-state index is 9.56. The number of aliphatic hydroxyl groups excluding tert-OH is 1. The fraction of sp³-hybridized carbons (Fsp3) is 1.00. The predicted molar refractivity (Wildman–Crippen MR) is 73.7 cm³/mol. The number of rotatable bonds is 6. The lowest BCUT2D eigenvalue weighted by molar-refractivity contribution is 0.0174. The fourth-order valence-electron chi connectivity index (χ4n) is 3.58. The molecule has 0 aromatic carbocycles. The largest absolute Gasteiger partial charge is 0.394 e. The van der Waals surface area contributed by atoms with Crippen LogP contribution < -0.4 is 5.32 Å². The van der Waals surface area contributed by atoms with Crippen molar-refractivity contribution in [1.29, 1.82) is 0 Å². The molecule has 0 aliphatic heterocycles. The second-order valence-corrected chi connectivity index (χ2v) is 6.17. The van der Waals surface area contributed by atoms with Crippen molar-refractivity contribution in [2.24, 2.45) is 5.92 Å². The van der Waals surface area contributed by atoms with Gasteiger partial charge in [-0.05, 0) is 44.6 Å². The molecule has 2 aliphatic rings. The van der Waals surface area contributed by atoms with E-state index in [1.54, 1.807) is 0 Å². The molecule has 2 rings (SSSR count). The minimum absolute atomic E-state index is 0.0635. The summed E-state index contributed by atoms with van der Waals surface area (Å²) in [7, 11) is 0. The van der Waals surface area contributed by atoms with Gasteiger partial charge < -0.3 is 15.2 Å². The molecule has 2 N–H and O–H groups in total. The highest BCUT2D eigenvalue weighted by Gasteiger charge is 2.38. The van der Waals surface area contributed by atoms with E-state index in [-0.39, 0.29) is 12.1 Å². The van der Waals surface area contributed by atoms with Crippen LogP contribution in [0.5, 0.6) is 0 Å². The molecule has 3 nitrogen and oxygen atoms in total. The van der Waals surface area contributed by atoms with Crippen molar-refractivity contribution in [3.8, 4) is 0 Å². The average Bonchev–Trinajstić information content (AvgIpc) is 2.82. The summed E-state index contributed by atoms with van der Waals surface area (Å²) in [6, 6.07) is 0. The smallest absolute Gasteiger partial charge is 0.0614 e. The van der Waals surface area contributed by atoms with Gasteiger partial charge >= 0.3 is 0 Å². The van der Waals surface area contributed by atoms with E-state index in [0.29, 0.717) is 6.10 Å². The standard InChI is InChI=1S/C15H29NO2/c1-2-16-15(12-17)9-8-14(10-15)18-11-13-6-4-3-5-7-13/h13-14,16-17H,2-12H2,1H3. The third-order valence-corrected chi connectivity index (χ3v) is 4.71. The van der Waals surface area contributed by atoms with Gasteiger partial charge in [0.25, 0.3) is 0 Å². The lowest BCUT2D eigenvalue weighted by Gasteiger charge is -2.28. The zero-order valence-corrected chi connectivity index (χ0v) is 11.8. The Hall–Kier alpha value is -0.120. The number of likely N-dealkylation sites (N-methyl/N-ethyl adjacent to an activating group) is 1. The van der Waals surface area contributed by atoms with E-state index in [9.17, 15) is 5.11 Å². The highest BCUT2D eigenvalue weighted by Crippen LogP contribution is 2.33. The maximum absolute atomic E-state index is 9.56. The minimum Gasteiger partial charge on any atom is -0.394 e. The van der Waals surface area contributed by atoms with E-state index in [1.807, 2.05) is 0 Å². The summed E-state index contributed by atoms with van der Waals surface area (Å²) in [5.74, 6) is 0.794. The molecular formula is C15H29NO2. The van der Waals surface area contributed by atoms with Crippen molar-refractivity contribution in [1.82, 2.24) is 5.32 Å². The molecule has 2 fully saturated rings. The van der Waals surface area contributed by atoms with Crippen molar-refractivity contribution in [2.75, 3.05) is 19.8 Å². The van der Waals surface area contributed by atoms with Crippen molar-refractivity contribution in [2.45, 2.75) is 69.9 Å². The predicted octanol–water partition coefficient (Wildman–Crippen LogP) is 2.48. The molecule has 0 saturated heterocycles. The first-order chi connectivity index (χ1) is 8.78. The van der Waals surface area contributed by atoms with Crippen LogP contribution >= 0.6 is 0 Å². The van der Waals surface area contributed by atoms with Gasteiger partial charge in [-0.15, -0.1) is 0 Å². The van der Waals surface area contributed by atoms with E-state index in [1.165, 1.54) is 32.1 Å². The Balaban J connectivity index is 1.71. The average molecular weight is 255 g/mol. The second-order valence-electron chi connectivity index (χ2n) is 6.17. The number of ether oxygens (including phenoxy) is 1. The van der Waals surface area contributed by atoms with Crippen LogP contribution in [0.25, 0.3) is 0 Å². The molecule has 2 aliphatic carbocycles. The van der Waals surface area contributed by atoms with Crippen LogP contribution in [0.2, 0.25) is 0 Å². The number of aliphatic hydroxyl groups is 1.